The molecule has 2 saturated heterocycles. The Bertz CT molecular complexity index is 509. The summed E-state index contributed by atoms with van der Waals surface area (Å²) in [5, 5.41) is 9.33. The van der Waals surface area contributed by atoms with Crippen LogP contribution in [0.5, 0.6) is 0 Å². The fourth-order valence-corrected chi connectivity index (χ4v) is 4.63. The summed E-state index contributed by atoms with van der Waals surface area (Å²) in [7, 11) is 0. The van der Waals surface area contributed by atoms with Crippen LogP contribution >= 0.6 is 0 Å². The van der Waals surface area contributed by atoms with Crippen molar-refractivity contribution in [3.8, 4) is 0 Å². The Morgan fingerprint density at radius 3 is 2.85 bits per heavy atom. The molecule has 2 aliphatic heterocycles. The van der Waals surface area contributed by atoms with Crippen molar-refractivity contribution in [1.29, 1.82) is 0 Å². The number of carboxylic acid groups (broad SMARTS) is 1. The molecule has 4 aliphatic rings. The van der Waals surface area contributed by atoms with Gasteiger partial charge in [0.2, 0.25) is 0 Å². The molecule has 4 unspecified atom stereocenters. The highest BCUT2D eigenvalue weighted by Gasteiger charge is 2.69. The highest BCUT2D eigenvalue weighted by atomic mass is 16.6. The van der Waals surface area contributed by atoms with Crippen molar-refractivity contribution >= 4 is 5.97 Å². The van der Waals surface area contributed by atoms with Gasteiger partial charge in [-0.1, -0.05) is 26.7 Å². The molecule has 2 aliphatic carbocycles. The Kier molecular flexibility index (Phi) is 2.35. The number of ether oxygens (including phenoxy) is 2. The third-order valence-electron chi connectivity index (χ3n) is 5.66. The lowest BCUT2D eigenvalue weighted by Gasteiger charge is -2.33. The maximum absolute atomic E-state index is 11.4. The van der Waals surface area contributed by atoms with Crippen LogP contribution in [0.2, 0.25) is 0 Å². The fourth-order valence-electron chi connectivity index (χ4n) is 4.63. The Labute approximate surface area is 119 Å². The van der Waals surface area contributed by atoms with E-state index in [1.807, 2.05) is 19.9 Å². The van der Waals surface area contributed by atoms with Crippen LogP contribution < -0.4 is 0 Å². The molecule has 110 valence electrons. The van der Waals surface area contributed by atoms with Gasteiger partial charge < -0.3 is 14.6 Å². The molecule has 0 aromatic carbocycles. The summed E-state index contributed by atoms with van der Waals surface area (Å²) < 4.78 is 11.9. The second-order valence-corrected chi connectivity index (χ2v) is 7.64. The summed E-state index contributed by atoms with van der Waals surface area (Å²) >= 11 is 0. The van der Waals surface area contributed by atoms with E-state index in [-0.39, 0.29) is 22.7 Å². The number of hydrogen-bond donors (Lipinski definition) is 1. The smallest absolute Gasteiger partial charge is 0.331 e. The van der Waals surface area contributed by atoms with Crippen LogP contribution in [0.3, 0.4) is 0 Å². The van der Waals surface area contributed by atoms with Gasteiger partial charge in [0.25, 0.3) is 0 Å². The van der Waals surface area contributed by atoms with Crippen molar-refractivity contribution < 1.29 is 19.4 Å². The third-order valence-corrected chi connectivity index (χ3v) is 5.66. The van der Waals surface area contributed by atoms with E-state index in [0.717, 1.165) is 19.3 Å². The molecule has 1 N–H and O–H groups in total. The minimum absolute atomic E-state index is 0.0113. The average Bonchev–Trinajstić information content (AvgIpc) is 3.20. The molecule has 0 aromatic rings. The zero-order valence-electron chi connectivity index (χ0n) is 12.1. The first-order valence-corrected chi connectivity index (χ1v) is 7.68. The first-order valence-electron chi connectivity index (χ1n) is 7.68. The second-order valence-electron chi connectivity index (χ2n) is 7.64. The van der Waals surface area contributed by atoms with Crippen LogP contribution in [-0.2, 0) is 14.3 Å². The lowest BCUT2D eigenvalue weighted by atomic mass is 9.68. The maximum Gasteiger partial charge on any atom is 0.331 e. The second kappa shape index (κ2) is 3.66. The molecule has 0 spiro atoms. The summed E-state index contributed by atoms with van der Waals surface area (Å²) in [6, 6.07) is 0. The highest BCUT2D eigenvalue weighted by Crippen LogP contribution is 2.62. The monoisotopic (exact) mass is 278 g/mol. The number of epoxide rings is 2. The summed E-state index contributed by atoms with van der Waals surface area (Å²) in [6.07, 6.45) is 8.85. The normalized spacial score (nSPS) is 47.8. The van der Waals surface area contributed by atoms with Crippen molar-refractivity contribution in [1.82, 2.24) is 0 Å². The van der Waals surface area contributed by atoms with Gasteiger partial charge in [0, 0.05) is 12.0 Å². The highest BCUT2D eigenvalue weighted by molar-refractivity contribution is 5.88. The van der Waals surface area contributed by atoms with E-state index in [9.17, 15) is 9.90 Å². The molecule has 1 saturated carbocycles. The summed E-state index contributed by atoms with van der Waals surface area (Å²) in [6.45, 7) is 4.02. The van der Waals surface area contributed by atoms with Crippen molar-refractivity contribution in [3.63, 3.8) is 0 Å². The molecule has 0 bridgehead atoms. The topological polar surface area (TPSA) is 62.4 Å². The molecule has 0 amide bonds. The van der Waals surface area contributed by atoms with Gasteiger partial charge in [-0.3, -0.25) is 0 Å². The van der Waals surface area contributed by atoms with Crippen LogP contribution in [0.4, 0.5) is 0 Å². The molecule has 0 radical (unpaired) electrons. The van der Waals surface area contributed by atoms with Gasteiger partial charge in [-0.15, -0.1) is 0 Å². The Morgan fingerprint density at radius 2 is 2.15 bits per heavy atom. The molecule has 4 nitrogen and oxygen atoms in total. The third kappa shape index (κ3) is 1.70. The van der Waals surface area contributed by atoms with Crippen LogP contribution in [-0.4, -0.2) is 34.5 Å². The van der Waals surface area contributed by atoms with E-state index in [1.54, 1.807) is 0 Å². The molecule has 20 heavy (non-hydrogen) atoms. The van der Waals surface area contributed by atoms with Gasteiger partial charge >= 0.3 is 5.97 Å². The van der Waals surface area contributed by atoms with Gasteiger partial charge in [-0.05, 0) is 30.8 Å². The zero-order chi connectivity index (χ0) is 14.2. The van der Waals surface area contributed by atoms with E-state index >= 15 is 0 Å². The Hall–Kier alpha value is -0.870. The Morgan fingerprint density at radius 1 is 1.35 bits per heavy atom. The number of hydrogen-bond acceptors (Lipinski definition) is 3. The fraction of sp³-hybridized carbons (Fsp3) is 0.812. The van der Waals surface area contributed by atoms with Crippen LogP contribution in [0.25, 0.3) is 0 Å². The van der Waals surface area contributed by atoms with Gasteiger partial charge in [0.05, 0.1) is 11.7 Å². The lowest BCUT2D eigenvalue weighted by molar-refractivity contribution is -0.134. The molecular formula is C16H22O4. The number of fused-ring (bicyclic) bond motifs is 2. The molecule has 2 heterocycles. The van der Waals surface area contributed by atoms with Crippen molar-refractivity contribution in [2.45, 2.75) is 75.8 Å². The van der Waals surface area contributed by atoms with E-state index in [4.69, 9.17) is 9.47 Å². The Balaban J connectivity index is 1.56. The van der Waals surface area contributed by atoms with Crippen LogP contribution in [0, 0.1) is 5.41 Å². The minimum Gasteiger partial charge on any atom is -0.478 e. The zero-order valence-corrected chi connectivity index (χ0v) is 12.1. The number of rotatable bonds is 3. The largest absolute Gasteiger partial charge is 0.478 e. The quantitative estimate of drug-likeness (QED) is 0.806. The first kappa shape index (κ1) is 12.8. The van der Waals surface area contributed by atoms with Gasteiger partial charge in [-0.2, -0.15) is 0 Å². The molecule has 4 heteroatoms. The molecule has 4 rings (SSSR count). The number of aliphatic carboxylic acids is 1. The predicted octanol–water partition coefficient (Wildman–Crippen LogP) is 2.67. The van der Waals surface area contributed by atoms with Crippen molar-refractivity contribution in [2.24, 2.45) is 5.41 Å². The van der Waals surface area contributed by atoms with Crippen molar-refractivity contribution in [2.75, 3.05) is 0 Å². The minimum atomic E-state index is -0.810. The van der Waals surface area contributed by atoms with E-state index in [2.05, 4.69) is 0 Å². The van der Waals surface area contributed by atoms with E-state index in [1.165, 1.54) is 19.3 Å². The number of carbonyl (C=O) groups is 1. The van der Waals surface area contributed by atoms with Crippen molar-refractivity contribution in [3.05, 3.63) is 11.6 Å². The molecule has 4 atom stereocenters. The van der Waals surface area contributed by atoms with E-state index < -0.39 is 5.97 Å². The predicted molar refractivity (Wildman–Crippen MR) is 72.4 cm³/mol. The average molecular weight is 278 g/mol. The summed E-state index contributed by atoms with van der Waals surface area (Å²) in [4.78, 5) is 11.4. The van der Waals surface area contributed by atoms with E-state index in [0.29, 0.717) is 11.7 Å². The van der Waals surface area contributed by atoms with Crippen LogP contribution in [0.15, 0.2) is 11.6 Å². The van der Waals surface area contributed by atoms with Crippen LogP contribution in [0.1, 0.15) is 52.4 Å². The maximum atomic E-state index is 11.4. The molecule has 0 aromatic heterocycles. The standard InChI is InChI=1S/C16H22O4/c1-14(2)8-16(12(20-16)7-10(14)13(17)18)9-15-6-4-3-5-11(15)19-15/h7,11-12H,3-6,8-9H2,1-2H3,(H,17,18). The summed E-state index contributed by atoms with van der Waals surface area (Å²) in [5.74, 6) is -0.810. The lowest BCUT2D eigenvalue weighted by Crippen LogP contribution is -2.37. The molecule has 3 fully saturated rings. The van der Waals surface area contributed by atoms with Gasteiger partial charge in [-0.25, -0.2) is 4.79 Å². The van der Waals surface area contributed by atoms with Gasteiger partial charge in [0.1, 0.15) is 11.7 Å². The molecular weight excluding hydrogens is 256 g/mol. The first-order chi connectivity index (χ1) is 9.37. The SMILES string of the molecule is CC1(C)CC2(CC34CCCCC3O4)OC2C=C1C(=O)O. The van der Waals surface area contributed by atoms with Gasteiger partial charge in [0.15, 0.2) is 0 Å². The summed E-state index contributed by atoms with van der Waals surface area (Å²) in [5.41, 5.74) is 0.0748. The number of carboxylic acids is 1.